The van der Waals surface area contributed by atoms with Gasteiger partial charge in [0.1, 0.15) is 6.33 Å². The van der Waals surface area contributed by atoms with Crippen molar-refractivity contribution >= 4 is 27.0 Å². The van der Waals surface area contributed by atoms with Crippen LogP contribution in [0.15, 0.2) is 47.8 Å². The molecule has 8 heteroatoms. The van der Waals surface area contributed by atoms with Crippen LogP contribution in [0.2, 0.25) is 0 Å². The van der Waals surface area contributed by atoms with E-state index in [9.17, 15) is 13.2 Å². The summed E-state index contributed by atoms with van der Waals surface area (Å²) in [6, 6.07) is 7.98. The summed E-state index contributed by atoms with van der Waals surface area (Å²) >= 11 is 0. The smallest absolute Gasteiger partial charge is 0.309 e. The largest absolute Gasteiger partial charge is 0.481 e. The maximum atomic E-state index is 12.7. The van der Waals surface area contributed by atoms with Gasteiger partial charge in [-0.15, -0.1) is 0 Å². The quantitative estimate of drug-likeness (QED) is 0.779. The van der Waals surface area contributed by atoms with Gasteiger partial charge in [-0.3, -0.25) is 4.79 Å². The second-order valence-electron chi connectivity index (χ2n) is 5.06. The molecule has 0 radical (unpaired) electrons. The van der Waals surface area contributed by atoms with E-state index in [1.165, 1.54) is 30.7 Å². The van der Waals surface area contributed by atoms with E-state index in [0.717, 1.165) is 9.54 Å². The molecular formula is C15H13N3O4S. The Balaban J connectivity index is 2.17. The van der Waals surface area contributed by atoms with Gasteiger partial charge in [0.05, 0.1) is 17.0 Å². The summed E-state index contributed by atoms with van der Waals surface area (Å²) in [4.78, 5) is 18.9. The van der Waals surface area contributed by atoms with Crippen LogP contribution in [-0.4, -0.2) is 33.4 Å². The zero-order valence-corrected chi connectivity index (χ0v) is 13.0. The van der Waals surface area contributed by atoms with Gasteiger partial charge in [0.2, 0.25) is 0 Å². The number of hydrogen-bond acceptors (Lipinski definition) is 5. The van der Waals surface area contributed by atoms with Crippen molar-refractivity contribution in [3.05, 3.63) is 54.1 Å². The second kappa shape index (κ2) is 5.47. The van der Waals surface area contributed by atoms with Crippen LogP contribution < -0.4 is 0 Å². The number of aliphatic carboxylic acids is 1. The lowest BCUT2D eigenvalue weighted by molar-refractivity contribution is -0.136. The predicted molar refractivity (Wildman–Crippen MR) is 82.6 cm³/mol. The van der Waals surface area contributed by atoms with Gasteiger partial charge in [-0.1, -0.05) is 17.7 Å². The Morgan fingerprint density at radius 1 is 1.17 bits per heavy atom. The standard InChI is InChI=1S/C15H13N3O4S/c1-10-2-4-11(5-3-10)23(21,22)18-7-6-12-13(8-14(19)20)16-9-17-15(12)18/h2-7,9H,8H2,1H3,(H,19,20). The highest BCUT2D eigenvalue weighted by atomic mass is 32.2. The summed E-state index contributed by atoms with van der Waals surface area (Å²) in [5.74, 6) is -1.04. The van der Waals surface area contributed by atoms with E-state index in [0.29, 0.717) is 5.39 Å². The summed E-state index contributed by atoms with van der Waals surface area (Å²) in [6.07, 6.45) is 2.23. The first-order chi connectivity index (χ1) is 10.9. The predicted octanol–water partition coefficient (Wildman–Crippen LogP) is 1.60. The van der Waals surface area contributed by atoms with Crippen molar-refractivity contribution < 1.29 is 18.3 Å². The summed E-state index contributed by atoms with van der Waals surface area (Å²) in [5.41, 5.74) is 1.39. The monoisotopic (exact) mass is 331 g/mol. The summed E-state index contributed by atoms with van der Waals surface area (Å²) in [5, 5.41) is 9.32. The van der Waals surface area contributed by atoms with Crippen LogP contribution >= 0.6 is 0 Å². The third-order valence-corrected chi connectivity index (χ3v) is 5.11. The fourth-order valence-corrected chi connectivity index (χ4v) is 3.58. The number of aromatic nitrogens is 3. The maximum absolute atomic E-state index is 12.7. The normalized spacial score (nSPS) is 11.7. The average Bonchev–Trinajstić information content (AvgIpc) is 2.93. The van der Waals surface area contributed by atoms with Gasteiger partial charge in [0.15, 0.2) is 5.65 Å². The van der Waals surface area contributed by atoms with Crippen molar-refractivity contribution in [2.75, 3.05) is 0 Å². The summed E-state index contributed by atoms with van der Waals surface area (Å²) < 4.78 is 26.5. The molecule has 0 saturated heterocycles. The highest BCUT2D eigenvalue weighted by molar-refractivity contribution is 7.90. The number of aryl methyl sites for hydroxylation is 1. The van der Waals surface area contributed by atoms with E-state index >= 15 is 0 Å². The molecule has 2 aromatic heterocycles. The number of carboxylic acid groups (broad SMARTS) is 1. The topological polar surface area (TPSA) is 102 Å². The highest BCUT2D eigenvalue weighted by Gasteiger charge is 2.21. The van der Waals surface area contributed by atoms with Crippen molar-refractivity contribution in [2.24, 2.45) is 0 Å². The Bertz CT molecular complexity index is 991. The number of rotatable bonds is 4. The molecular weight excluding hydrogens is 318 g/mol. The van der Waals surface area contributed by atoms with Crippen LogP contribution in [0.1, 0.15) is 11.3 Å². The number of nitrogens with zero attached hydrogens (tertiary/aromatic N) is 3. The van der Waals surface area contributed by atoms with Crippen molar-refractivity contribution in [2.45, 2.75) is 18.2 Å². The van der Waals surface area contributed by atoms with Gasteiger partial charge in [0, 0.05) is 11.6 Å². The molecule has 0 atom stereocenters. The van der Waals surface area contributed by atoms with Crippen molar-refractivity contribution in [1.82, 2.24) is 13.9 Å². The molecule has 0 aliphatic heterocycles. The number of benzene rings is 1. The first-order valence-corrected chi connectivity index (χ1v) is 8.18. The molecule has 0 amide bonds. The highest BCUT2D eigenvalue weighted by Crippen LogP contribution is 2.22. The molecule has 0 spiro atoms. The Morgan fingerprint density at radius 2 is 1.87 bits per heavy atom. The lowest BCUT2D eigenvalue weighted by Gasteiger charge is -2.07. The molecule has 0 saturated carbocycles. The van der Waals surface area contributed by atoms with Crippen LogP contribution in [0.4, 0.5) is 0 Å². The van der Waals surface area contributed by atoms with E-state index in [2.05, 4.69) is 9.97 Å². The van der Waals surface area contributed by atoms with Gasteiger partial charge in [-0.05, 0) is 25.1 Å². The summed E-state index contributed by atoms with van der Waals surface area (Å²) in [7, 11) is -3.81. The lowest BCUT2D eigenvalue weighted by Crippen LogP contribution is -2.13. The van der Waals surface area contributed by atoms with Gasteiger partial charge < -0.3 is 5.11 Å². The third kappa shape index (κ3) is 2.68. The van der Waals surface area contributed by atoms with Crippen molar-refractivity contribution in [3.8, 4) is 0 Å². The Morgan fingerprint density at radius 3 is 2.52 bits per heavy atom. The molecule has 118 valence electrons. The van der Waals surface area contributed by atoms with E-state index in [1.54, 1.807) is 12.1 Å². The fraction of sp³-hybridized carbons (Fsp3) is 0.133. The maximum Gasteiger partial charge on any atom is 0.309 e. The van der Waals surface area contributed by atoms with Crippen LogP contribution in [-0.2, 0) is 21.2 Å². The molecule has 0 fully saturated rings. The molecule has 0 aliphatic rings. The molecule has 0 unspecified atom stereocenters. The molecule has 7 nitrogen and oxygen atoms in total. The number of carboxylic acids is 1. The number of fused-ring (bicyclic) bond motifs is 1. The Kier molecular flexibility index (Phi) is 3.61. The third-order valence-electron chi connectivity index (χ3n) is 3.43. The average molecular weight is 331 g/mol. The van der Waals surface area contributed by atoms with Gasteiger partial charge in [-0.25, -0.2) is 22.4 Å². The Labute approximate surface area is 132 Å². The van der Waals surface area contributed by atoms with Crippen molar-refractivity contribution in [3.63, 3.8) is 0 Å². The minimum Gasteiger partial charge on any atom is -0.481 e. The molecule has 1 N–H and O–H groups in total. The minimum atomic E-state index is -3.81. The summed E-state index contributed by atoms with van der Waals surface area (Å²) in [6.45, 7) is 1.87. The van der Waals surface area contributed by atoms with E-state index in [4.69, 9.17) is 5.11 Å². The molecule has 3 aromatic rings. The first-order valence-electron chi connectivity index (χ1n) is 6.74. The molecule has 0 aliphatic carbocycles. The second-order valence-corrected chi connectivity index (χ2v) is 6.87. The molecule has 1 aromatic carbocycles. The minimum absolute atomic E-state index is 0.138. The van der Waals surface area contributed by atoms with Crippen LogP contribution in [0.3, 0.4) is 0 Å². The molecule has 0 bridgehead atoms. The van der Waals surface area contributed by atoms with Crippen LogP contribution in [0, 0.1) is 6.92 Å². The zero-order valence-electron chi connectivity index (χ0n) is 12.2. The first kappa shape index (κ1) is 15.2. The van der Waals surface area contributed by atoms with E-state index < -0.39 is 16.0 Å². The number of hydrogen-bond donors (Lipinski definition) is 1. The molecule has 23 heavy (non-hydrogen) atoms. The van der Waals surface area contributed by atoms with Crippen molar-refractivity contribution in [1.29, 1.82) is 0 Å². The van der Waals surface area contributed by atoms with Crippen LogP contribution in [0.5, 0.6) is 0 Å². The van der Waals surface area contributed by atoms with Crippen LogP contribution in [0.25, 0.3) is 11.0 Å². The van der Waals surface area contributed by atoms with Gasteiger partial charge >= 0.3 is 5.97 Å². The molecule has 2 heterocycles. The molecule has 3 rings (SSSR count). The van der Waals surface area contributed by atoms with Gasteiger partial charge in [-0.2, -0.15) is 0 Å². The SMILES string of the molecule is Cc1ccc(S(=O)(=O)n2ccc3c(CC(=O)O)ncnc32)cc1. The fourth-order valence-electron chi connectivity index (χ4n) is 2.28. The Hall–Kier alpha value is -2.74. The lowest BCUT2D eigenvalue weighted by atomic mass is 10.2. The van der Waals surface area contributed by atoms with Gasteiger partial charge in [0.25, 0.3) is 10.0 Å². The zero-order chi connectivity index (χ0) is 16.6. The van der Waals surface area contributed by atoms with E-state index in [-0.39, 0.29) is 22.7 Å². The van der Waals surface area contributed by atoms with E-state index in [1.807, 2.05) is 6.92 Å². The number of carbonyl (C=O) groups is 1.